The average Bonchev–Trinajstić information content (AvgIpc) is 3.52. The molecule has 56 heavy (non-hydrogen) atoms. The summed E-state index contributed by atoms with van der Waals surface area (Å²) < 4.78 is 5.98. The van der Waals surface area contributed by atoms with Gasteiger partial charge in [-0.15, -0.1) is 11.3 Å². The SMILES string of the molecule is CC(=N)N1C(=N)[C@H](CC(=O)NCCCCCCCCOc2cccc3c2C(=O)N(C24CC(C2)C(=O)NC4=O)C3=O)N=C(c2ccc(Cl)cc2)c2c1sc(C)c2C. The highest BCUT2D eigenvalue weighted by Gasteiger charge is 2.65. The molecular formula is C41H44ClN7O6S. The lowest BCUT2D eigenvalue weighted by molar-refractivity contribution is -0.158. The Hall–Kier alpha value is -5.21. The van der Waals surface area contributed by atoms with Crippen LogP contribution in [0.3, 0.4) is 0 Å². The van der Waals surface area contributed by atoms with Crippen LogP contribution in [-0.2, 0) is 14.4 Å². The van der Waals surface area contributed by atoms with Gasteiger partial charge in [-0.3, -0.25) is 54.9 Å². The molecule has 1 aliphatic carbocycles. The Morgan fingerprint density at radius 3 is 2.39 bits per heavy atom. The van der Waals surface area contributed by atoms with Gasteiger partial charge in [-0.1, -0.05) is 55.5 Å². The molecule has 2 aromatic carbocycles. The molecule has 8 rings (SSSR count). The number of ether oxygens (including phenoxy) is 1. The molecule has 2 saturated heterocycles. The van der Waals surface area contributed by atoms with E-state index in [4.69, 9.17) is 32.1 Å². The van der Waals surface area contributed by atoms with Crippen LogP contribution in [0.1, 0.15) is 107 Å². The number of piperidine rings is 2. The van der Waals surface area contributed by atoms with Crippen molar-refractivity contribution in [3.05, 3.63) is 80.2 Å². The van der Waals surface area contributed by atoms with Crippen LogP contribution in [0.2, 0.25) is 5.02 Å². The Morgan fingerprint density at radius 1 is 1.00 bits per heavy atom. The zero-order valence-electron chi connectivity index (χ0n) is 31.6. The topological polar surface area (TPSA) is 185 Å². The summed E-state index contributed by atoms with van der Waals surface area (Å²) in [5, 5.41) is 24.3. The monoisotopic (exact) mass is 797 g/mol. The molecule has 3 fully saturated rings. The van der Waals surface area contributed by atoms with E-state index in [1.165, 1.54) is 11.3 Å². The Kier molecular flexibility index (Phi) is 11.0. The maximum atomic E-state index is 13.5. The summed E-state index contributed by atoms with van der Waals surface area (Å²) in [4.78, 5) is 73.3. The van der Waals surface area contributed by atoms with E-state index in [1.54, 1.807) is 42.2 Å². The molecule has 292 valence electrons. The van der Waals surface area contributed by atoms with Crippen molar-refractivity contribution in [3.8, 4) is 5.75 Å². The highest BCUT2D eigenvalue weighted by atomic mass is 35.5. The van der Waals surface area contributed by atoms with Gasteiger partial charge in [0.05, 0.1) is 29.9 Å². The first kappa shape index (κ1) is 39.0. The van der Waals surface area contributed by atoms with Crippen LogP contribution < -0.4 is 20.3 Å². The molecule has 0 spiro atoms. The molecule has 1 aromatic heterocycles. The summed E-state index contributed by atoms with van der Waals surface area (Å²) in [6.45, 7) is 6.53. The summed E-state index contributed by atoms with van der Waals surface area (Å²) in [6.07, 6.45) is 5.55. The van der Waals surface area contributed by atoms with Crippen LogP contribution in [0.15, 0.2) is 47.5 Å². The summed E-state index contributed by atoms with van der Waals surface area (Å²) in [6, 6.07) is 11.5. The number of benzene rings is 2. The van der Waals surface area contributed by atoms with Crippen molar-refractivity contribution in [2.75, 3.05) is 18.1 Å². The van der Waals surface area contributed by atoms with E-state index in [1.807, 2.05) is 26.0 Å². The summed E-state index contributed by atoms with van der Waals surface area (Å²) >= 11 is 7.70. The van der Waals surface area contributed by atoms with Crippen LogP contribution in [0, 0.1) is 30.6 Å². The number of amides is 5. The maximum absolute atomic E-state index is 13.5. The second-order valence-corrected chi connectivity index (χ2v) is 16.5. The fraction of sp³-hybridized carbons (Fsp3) is 0.415. The Bertz CT molecular complexity index is 2190. The molecule has 0 unspecified atom stereocenters. The number of rotatable bonds is 14. The lowest BCUT2D eigenvalue weighted by Crippen LogP contribution is -2.74. The van der Waals surface area contributed by atoms with Crippen molar-refractivity contribution in [2.45, 2.75) is 90.1 Å². The number of fused-ring (bicyclic) bond motifs is 4. The van der Waals surface area contributed by atoms with Crippen molar-refractivity contribution in [1.29, 1.82) is 10.8 Å². The quantitative estimate of drug-likeness (QED) is 0.0634. The van der Waals surface area contributed by atoms with E-state index in [0.717, 1.165) is 70.0 Å². The zero-order valence-corrected chi connectivity index (χ0v) is 33.1. The largest absolute Gasteiger partial charge is 0.493 e. The third kappa shape index (κ3) is 7.04. The minimum absolute atomic E-state index is 0.0211. The van der Waals surface area contributed by atoms with E-state index >= 15 is 0 Å². The van der Waals surface area contributed by atoms with Crippen molar-refractivity contribution in [1.82, 2.24) is 15.5 Å². The molecule has 5 heterocycles. The number of thiophene rings is 1. The number of nitrogens with one attached hydrogen (secondary N) is 4. The van der Waals surface area contributed by atoms with E-state index < -0.39 is 29.3 Å². The minimum Gasteiger partial charge on any atom is -0.493 e. The van der Waals surface area contributed by atoms with Gasteiger partial charge in [0, 0.05) is 33.5 Å². The second kappa shape index (κ2) is 15.7. The van der Waals surface area contributed by atoms with E-state index in [0.29, 0.717) is 29.6 Å². The number of carbonyl (C=O) groups excluding carboxylic acids is 5. The first-order valence-corrected chi connectivity index (χ1v) is 20.2. The second-order valence-electron chi connectivity index (χ2n) is 14.9. The molecule has 2 bridgehead atoms. The summed E-state index contributed by atoms with van der Waals surface area (Å²) in [7, 11) is 0. The van der Waals surface area contributed by atoms with Crippen molar-refractivity contribution < 1.29 is 28.7 Å². The van der Waals surface area contributed by atoms with Gasteiger partial charge >= 0.3 is 0 Å². The fourth-order valence-electron chi connectivity index (χ4n) is 7.98. The average molecular weight is 798 g/mol. The molecule has 15 heteroatoms. The van der Waals surface area contributed by atoms with E-state index in [9.17, 15) is 24.0 Å². The molecule has 4 aliphatic heterocycles. The van der Waals surface area contributed by atoms with Gasteiger partial charge in [0.2, 0.25) is 11.8 Å². The van der Waals surface area contributed by atoms with Gasteiger partial charge in [-0.05, 0) is 76.3 Å². The van der Waals surface area contributed by atoms with Gasteiger partial charge in [-0.25, -0.2) is 0 Å². The molecule has 4 N–H and O–H groups in total. The number of hydrogen-bond donors (Lipinski definition) is 4. The standard InChI is InChI=1S/C41H44ClN7O6S/c1-22-23(2)56-39-32(22)34(25-13-15-27(42)16-14-25)46-29(35(44)48(39)24(3)43)19-31(50)45-17-8-6-4-5-7-9-18-55-30-12-10-11-28-33(30)38(53)49(37(28)52)41-20-26(21-41)36(51)47-40(41)54/h10-16,26,29,43-44H,4-9,17-21H2,1-3H3,(H,45,50)(H,47,51,54)/t26?,29-,41?/m0/s1. The van der Waals surface area contributed by atoms with Crippen LogP contribution >= 0.6 is 22.9 Å². The number of imide groups is 2. The predicted molar refractivity (Wildman–Crippen MR) is 215 cm³/mol. The van der Waals surface area contributed by atoms with Crippen molar-refractivity contribution in [3.63, 3.8) is 0 Å². The highest BCUT2D eigenvalue weighted by molar-refractivity contribution is 7.17. The third-order valence-corrected chi connectivity index (χ3v) is 12.6. The van der Waals surface area contributed by atoms with Gasteiger partial charge < -0.3 is 10.1 Å². The van der Waals surface area contributed by atoms with Crippen LogP contribution in [0.4, 0.5) is 5.00 Å². The first-order valence-electron chi connectivity index (χ1n) is 19.0. The fourth-order valence-corrected chi connectivity index (χ4v) is 9.33. The van der Waals surface area contributed by atoms with Crippen molar-refractivity contribution in [2.24, 2.45) is 10.9 Å². The third-order valence-electron chi connectivity index (χ3n) is 11.1. The number of aliphatic imine (C=N–C) groups is 1. The number of amidine groups is 2. The number of halogens is 1. The zero-order chi connectivity index (χ0) is 39.9. The molecular weight excluding hydrogens is 754 g/mol. The smallest absolute Gasteiger partial charge is 0.266 e. The van der Waals surface area contributed by atoms with E-state index in [-0.39, 0.29) is 59.8 Å². The molecule has 5 aliphatic rings. The number of anilines is 1. The highest BCUT2D eigenvalue weighted by Crippen LogP contribution is 2.49. The lowest BCUT2D eigenvalue weighted by Gasteiger charge is -2.52. The molecule has 5 amide bonds. The molecule has 1 atom stereocenters. The molecule has 1 saturated carbocycles. The van der Waals surface area contributed by atoms with Crippen LogP contribution in [0.5, 0.6) is 5.75 Å². The van der Waals surface area contributed by atoms with Gasteiger partial charge in [0.25, 0.3) is 17.7 Å². The summed E-state index contributed by atoms with van der Waals surface area (Å²) in [5.74, 6) is -2.06. The Labute approximate surface area is 333 Å². The number of carbonyl (C=O) groups is 5. The minimum atomic E-state index is -1.32. The molecule has 3 aromatic rings. The lowest BCUT2D eigenvalue weighted by atomic mass is 9.63. The first-order chi connectivity index (χ1) is 26.8. The number of aryl methyl sites for hydroxylation is 1. The number of unbranched alkanes of at least 4 members (excludes halogenated alkanes) is 5. The number of nitrogens with zero attached hydrogens (tertiary/aromatic N) is 3. The predicted octanol–water partition coefficient (Wildman–Crippen LogP) is 6.35. The summed E-state index contributed by atoms with van der Waals surface area (Å²) in [5.41, 5.74) is 2.45. The van der Waals surface area contributed by atoms with Crippen LogP contribution in [-0.4, -0.2) is 76.6 Å². The van der Waals surface area contributed by atoms with Crippen LogP contribution in [0.25, 0.3) is 0 Å². The van der Waals surface area contributed by atoms with Gasteiger partial charge in [0.15, 0.2) is 0 Å². The van der Waals surface area contributed by atoms with Gasteiger partial charge in [0.1, 0.15) is 34.0 Å². The maximum Gasteiger partial charge on any atom is 0.266 e. The van der Waals surface area contributed by atoms with Crippen molar-refractivity contribution >= 4 is 74.9 Å². The number of hydrogen-bond acceptors (Lipinski definition) is 10. The normalized spacial score (nSPS) is 21.2. The Balaban J connectivity index is 0.858. The Morgan fingerprint density at radius 2 is 1.70 bits per heavy atom. The molecule has 13 nitrogen and oxygen atoms in total. The van der Waals surface area contributed by atoms with E-state index in [2.05, 4.69) is 10.6 Å². The molecule has 0 radical (unpaired) electrons. The van der Waals surface area contributed by atoms with Gasteiger partial charge in [-0.2, -0.15) is 0 Å².